The van der Waals surface area contributed by atoms with Gasteiger partial charge in [-0.05, 0) is 0 Å². The molecule has 0 saturated carbocycles. The summed E-state index contributed by atoms with van der Waals surface area (Å²) < 4.78 is 17.1. The molecule has 0 fully saturated rings. The molecule has 0 heterocycles. The molecule has 0 rings (SSSR count). The molecule has 0 bridgehead atoms. The zero-order chi connectivity index (χ0) is 9.00. The van der Waals surface area contributed by atoms with Crippen LogP contribution in [0.5, 0.6) is 0 Å². The van der Waals surface area contributed by atoms with Crippen molar-refractivity contribution in [3.05, 3.63) is 0 Å². The van der Waals surface area contributed by atoms with Gasteiger partial charge in [-0.3, -0.25) is 0 Å². The van der Waals surface area contributed by atoms with Gasteiger partial charge in [0.2, 0.25) is 0 Å². The fraction of sp³-hybridized carbons (Fsp3) is 0. The standard InChI is InChI=1S/3Fe.3Li.3Ni.2H3O4P.3H/c;;;;;;;;;2*1-5(2,3)4;;;/h;;;;;;;;;2*(H3,1,2,3,4);;;/q;;;;;;3*+2;;;;;/p-6. The van der Waals surface area contributed by atoms with Crippen LogP contribution in [0, 0.1) is 0 Å². The first kappa shape index (κ1) is 75.0. The Hall–Kier alpha value is 5.05. The van der Waals surface area contributed by atoms with Crippen LogP contribution in [-0.4, -0.2) is 56.6 Å². The number of rotatable bonds is 0. The monoisotopic (exact) mass is 556 g/mol. The van der Waals surface area contributed by atoms with Crippen molar-refractivity contribution in [2.75, 3.05) is 0 Å². The first-order chi connectivity index (χ1) is 4.00. The summed E-state index contributed by atoms with van der Waals surface area (Å²) in [7, 11) is -10.8. The third-order valence-electron chi connectivity index (χ3n) is 0. The van der Waals surface area contributed by atoms with Crippen LogP contribution in [0.1, 0.15) is 0 Å². The van der Waals surface area contributed by atoms with Crippen LogP contribution in [-0.2, 0) is 110 Å². The molecular weight excluding hydrogens is 554 g/mol. The Morgan fingerprint density at radius 2 is 0.474 bits per heavy atom. The van der Waals surface area contributed by atoms with E-state index in [2.05, 4.69) is 0 Å². The normalized spacial score (nSPS) is 6.21. The van der Waals surface area contributed by atoms with Crippen LogP contribution in [0.3, 0.4) is 0 Å². The average Bonchev–Trinajstić information content (AvgIpc) is 1.12. The van der Waals surface area contributed by atoms with Crippen LogP contribution in [0.2, 0.25) is 0 Å². The predicted molar refractivity (Wildman–Crippen MR) is 36.7 cm³/mol. The molecule has 0 aromatic rings. The number of hydrogen-bond acceptors (Lipinski definition) is 8. The Balaban J connectivity index is -0.00000000508. The van der Waals surface area contributed by atoms with Crippen molar-refractivity contribution in [2.24, 2.45) is 0 Å². The van der Waals surface area contributed by atoms with Crippen LogP contribution < -0.4 is 29.4 Å². The molecule has 0 aromatic carbocycles. The smallest absolute Gasteiger partial charge is 2.00 e. The largest absolute Gasteiger partial charge is 2.00 e. The number of phosphoric acid groups is 2. The molecule has 19 heavy (non-hydrogen) atoms. The molecule has 0 radical (unpaired) electrons. The van der Waals surface area contributed by atoms with Crippen molar-refractivity contribution in [1.29, 1.82) is 0 Å². The third-order valence-corrected chi connectivity index (χ3v) is 0. The van der Waals surface area contributed by atoms with Gasteiger partial charge >= 0.3 is 106 Å². The van der Waals surface area contributed by atoms with E-state index in [0.29, 0.717) is 0 Å². The molecule has 0 unspecified atom stereocenters. The van der Waals surface area contributed by atoms with E-state index in [0.717, 1.165) is 0 Å². The summed E-state index contributed by atoms with van der Waals surface area (Å²) >= 11 is 0. The topological polar surface area (TPSA) is 172 Å². The first-order valence-corrected chi connectivity index (χ1v) is 4.38. The Morgan fingerprint density at radius 3 is 0.474 bits per heavy atom. The van der Waals surface area contributed by atoms with Gasteiger partial charge in [0.25, 0.3) is 0 Å². The fourth-order valence-corrected chi connectivity index (χ4v) is 0. The van der Waals surface area contributed by atoms with Gasteiger partial charge in [0.15, 0.2) is 0 Å². The van der Waals surface area contributed by atoms with Gasteiger partial charge in [0, 0.05) is 51.2 Å². The zero-order valence-corrected chi connectivity index (χ0v) is 14.2. The van der Waals surface area contributed by atoms with Crippen molar-refractivity contribution >= 4 is 72.2 Å². The summed E-state index contributed by atoms with van der Waals surface area (Å²) in [6.07, 6.45) is 0. The van der Waals surface area contributed by atoms with E-state index in [1.807, 2.05) is 0 Å². The summed E-state index contributed by atoms with van der Waals surface area (Å²) in [6.45, 7) is 0. The molecule has 118 valence electrons. The molecule has 0 amide bonds. The Bertz CT molecular complexity index is 153. The predicted octanol–water partition coefficient (Wildman–Crippen LogP) is -7.61. The molecule has 0 aliphatic carbocycles. The van der Waals surface area contributed by atoms with Gasteiger partial charge in [-0.25, -0.2) is 0 Å². The molecule has 19 heteroatoms. The zero-order valence-electron chi connectivity index (χ0n) is 6.17. The third kappa shape index (κ3) is 400. The Labute approximate surface area is 208 Å². The molecule has 0 atom stereocenters. The fourth-order valence-electron chi connectivity index (χ4n) is 0. The van der Waals surface area contributed by atoms with E-state index < -0.39 is 15.6 Å². The second kappa shape index (κ2) is 38.6. The number of hydrogen-bond donors (Lipinski definition) is 0. The van der Waals surface area contributed by atoms with E-state index in [4.69, 9.17) is 38.5 Å². The second-order valence-corrected chi connectivity index (χ2v) is 2.68. The summed E-state index contributed by atoms with van der Waals surface area (Å²) in [5.74, 6) is 0. The molecule has 0 spiro atoms. The van der Waals surface area contributed by atoms with Gasteiger partial charge < -0.3 is 38.5 Å². The van der Waals surface area contributed by atoms with Crippen molar-refractivity contribution in [3.8, 4) is 0 Å². The van der Waals surface area contributed by atoms with Crippen molar-refractivity contribution in [3.63, 3.8) is 0 Å². The maximum Gasteiger partial charge on any atom is 2.00 e. The first-order valence-electron chi connectivity index (χ1n) is 1.46. The van der Waals surface area contributed by atoms with Crippen LogP contribution in [0.25, 0.3) is 0 Å². The molecule has 0 aliphatic rings. The van der Waals surface area contributed by atoms with E-state index in [1.165, 1.54) is 0 Å². The maximum absolute atomic E-state index is 8.55. The van der Waals surface area contributed by atoms with Gasteiger partial charge in [0.1, 0.15) is 0 Å². The van der Waals surface area contributed by atoms with Crippen molar-refractivity contribution < 1.29 is 139 Å². The van der Waals surface area contributed by atoms with Gasteiger partial charge in [-0.2, -0.15) is 15.6 Å². The quantitative estimate of drug-likeness (QED) is 0.209. The molecule has 0 aromatic heterocycles. The van der Waals surface area contributed by atoms with E-state index >= 15 is 0 Å². The van der Waals surface area contributed by atoms with Gasteiger partial charge in [-0.1, -0.05) is 0 Å². The summed E-state index contributed by atoms with van der Waals surface area (Å²) in [5, 5.41) is 0. The minimum atomic E-state index is -5.39. The van der Waals surface area contributed by atoms with E-state index in [1.54, 1.807) is 0 Å². The van der Waals surface area contributed by atoms with Crippen molar-refractivity contribution in [1.82, 2.24) is 0 Å². The maximum atomic E-state index is 8.55. The average molecular weight is 557 g/mol. The molecular formula is H3Fe3Li3Ni3O8P2. The molecule has 0 aliphatic heterocycles. The van der Waals surface area contributed by atoms with E-state index in [-0.39, 0.29) is 157 Å². The van der Waals surface area contributed by atoms with Crippen LogP contribution >= 0.6 is 15.6 Å². The molecule has 0 saturated heterocycles. The summed E-state index contributed by atoms with van der Waals surface area (Å²) in [4.78, 5) is 51.3. The summed E-state index contributed by atoms with van der Waals surface area (Å²) in [5.41, 5.74) is 0. The minimum Gasteiger partial charge on any atom is 2.00 e. The van der Waals surface area contributed by atoms with E-state index in [9.17, 15) is 0 Å². The van der Waals surface area contributed by atoms with Crippen molar-refractivity contribution in [2.45, 2.75) is 0 Å². The van der Waals surface area contributed by atoms with Crippen LogP contribution in [0.4, 0.5) is 0 Å². The van der Waals surface area contributed by atoms with Gasteiger partial charge in [-0.15, -0.1) is 0 Å². The molecule has 8 nitrogen and oxygen atoms in total. The Kier molecular flexibility index (Phi) is 152. The minimum absolute atomic E-state index is 0. The van der Waals surface area contributed by atoms with Crippen LogP contribution in [0.15, 0.2) is 0 Å². The SMILES string of the molecule is O=P([O-])([O-])[O-].O=P([O-])([O-])[O-].[Fe].[Fe].[Fe].[LiH].[LiH].[LiH].[Ni+2].[Ni+2].[Ni+2]. The second-order valence-electron chi connectivity index (χ2n) is 0.894. The van der Waals surface area contributed by atoms with Gasteiger partial charge in [0.05, 0.1) is 0 Å². The Morgan fingerprint density at radius 1 is 0.474 bits per heavy atom. The molecule has 0 N–H and O–H groups in total. The summed E-state index contributed by atoms with van der Waals surface area (Å²) in [6, 6.07) is 0.